The summed E-state index contributed by atoms with van der Waals surface area (Å²) in [4.78, 5) is 5.28. The fourth-order valence-corrected chi connectivity index (χ4v) is 2.44. The normalized spacial score (nSPS) is 12.4. The van der Waals surface area contributed by atoms with Gasteiger partial charge in [-0.05, 0) is 32.4 Å². The monoisotopic (exact) mass is 263 g/mol. The topological polar surface area (TPSA) is 42.4 Å². The molecule has 1 aromatic carbocycles. The molecule has 2 aromatic rings. The van der Waals surface area contributed by atoms with Crippen LogP contribution in [0.3, 0.4) is 0 Å². The van der Waals surface area contributed by atoms with Crippen LogP contribution in [0.2, 0.25) is 0 Å². The van der Waals surface area contributed by atoms with Crippen LogP contribution in [-0.4, -0.2) is 10.1 Å². The maximum atomic E-state index is 9.71. The molecule has 0 spiro atoms. The van der Waals surface area contributed by atoms with Crippen molar-refractivity contribution in [3.63, 3.8) is 0 Å². The Morgan fingerprint density at radius 2 is 2.17 bits per heavy atom. The molecule has 0 saturated heterocycles. The Morgan fingerprint density at radius 1 is 1.39 bits per heavy atom. The van der Waals surface area contributed by atoms with Crippen LogP contribution in [0.25, 0.3) is 0 Å². The third-order valence-electron chi connectivity index (χ3n) is 2.66. The molecule has 3 nitrogen and oxygen atoms in total. The van der Waals surface area contributed by atoms with Crippen LogP contribution in [0, 0.1) is 13.8 Å². The first-order valence-electron chi connectivity index (χ1n) is 5.89. The van der Waals surface area contributed by atoms with E-state index in [-0.39, 0.29) is 0 Å². The van der Waals surface area contributed by atoms with Gasteiger partial charge in [0.15, 0.2) is 0 Å². The Labute approximate surface area is 111 Å². The number of thiazole rings is 1. The molecule has 0 radical (unpaired) electrons. The van der Waals surface area contributed by atoms with Gasteiger partial charge in [0.05, 0.1) is 16.0 Å². The Bertz CT molecular complexity index is 534. The van der Waals surface area contributed by atoms with Gasteiger partial charge >= 0.3 is 0 Å². The maximum absolute atomic E-state index is 9.71. The summed E-state index contributed by atoms with van der Waals surface area (Å²) in [6.07, 6.45) is 1.31. The summed E-state index contributed by atoms with van der Waals surface area (Å²) in [5, 5.41) is 10.7. The highest BCUT2D eigenvalue weighted by molar-refractivity contribution is 7.11. The van der Waals surface area contributed by atoms with Crippen molar-refractivity contribution in [1.29, 1.82) is 0 Å². The molecule has 0 amide bonds. The number of nitrogens with zero attached hydrogens (tertiary/aromatic N) is 1. The van der Waals surface area contributed by atoms with Gasteiger partial charge in [-0.1, -0.05) is 12.1 Å². The van der Waals surface area contributed by atoms with Gasteiger partial charge in [0, 0.05) is 11.8 Å². The first kappa shape index (κ1) is 13.1. The van der Waals surface area contributed by atoms with Gasteiger partial charge in [0.2, 0.25) is 0 Å². The standard InChI is InChI=1S/C14H17NO2S/c1-9-4-5-13(10(2)16)14(6-9)17-8-12-7-15-11(3)18-12/h4-7,10,16H,8H2,1-3H3/t10-/m1/s1. The molecule has 0 aliphatic heterocycles. The van der Waals surface area contributed by atoms with Gasteiger partial charge in [0.25, 0.3) is 0 Å². The second-order valence-corrected chi connectivity index (χ2v) is 5.67. The number of hydrogen-bond donors (Lipinski definition) is 1. The van der Waals surface area contributed by atoms with E-state index in [0.717, 1.165) is 26.8 Å². The number of aliphatic hydroxyl groups excluding tert-OH is 1. The van der Waals surface area contributed by atoms with E-state index in [0.29, 0.717) is 6.61 Å². The second kappa shape index (κ2) is 5.50. The van der Waals surface area contributed by atoms with E-state index in [2.05, 4.69) is 4.98 Å². The second-order valence-electron chi connectivity index (χ2n) is 4.35. The Morgan fingerprint density at radius 3 is 2.78 bits per heavy atom. The van der Waals surface area contributed by atoms with E-state index in [1.165, 1.54) is 0 Å². The first-order chi connectivity index (χ1) is 8.56. The lowest BCUT2D eigenvalue weighted by atomic mass is 10.1. The summed E-state index contributed by atoms with van der Waals surface area (Å²) < 4.78 is 5.79. The summed E-state index contributed by atoms with van der Waals surface area (Å²) in [5.41, 5.74) is 1.94. The molecule has 1 atom stereocenters. The summed E-state index contributed by atoms with van der Waals surface area (Å²) in [7, 11) is 0. The van der Waals surface area contributed by atoms with E-state index in [9.17, 15) is 5.11 Å². The van der Waals surface area contributed by atoms with Crippen LogP contribution >= 0.6 is 11.3 Å². The van der Waals surface area contributed by atoms with Crippen molar-refractivity contribution in [2.75, 3.05) is 0 Å². The molecular weight excluding hydrogens is 246 g/mol. The highest BCUT2D eigenvalue weighted by atomic mass is 32.1. The molecule has 1 heterocycles. The van der Waals surface area contributed by atoms with Crippen molar-refractivity contribution in [1.82, 2.24) is 4.98 Å². The van der Waals surface area contributed by atoms with Crippen molar-refractivity contribution in [3.8, 4) is 5.75 Å². The minimum atomic E-state index is -0.524. The molecule has 0 aliphatic carbocycles. The molecule has 0 fully saturated rings. The fourth-order valence-electron chi connectivity index (χ4n) is 1.73. The summed E-state index contributed by atoms with van der Waals surface area (Å²) >= 11 is 1.63. The average molecular weight is 263 g/mol. The molecule has 18 heavy (non-hydrogen) atoms. The first-order valence-corrected chi connectivity index (χ1v) is 6.70. The molecule has 1 aromatic heterocycles. The van der Waals surface area contributed by atoms with Gasteiger partial charge in [-0.25, -0.2) is 4.98 Å². The Balaban J connectivity index is 2.15. The van der Waals surface area contributed by atoms with Crippen LogP contribution < -0.4 is 4.74 Å². The van der Waals surface area contributed by atoms with E-state index < -0.39 is 6.10 Å². The SMILES string of the molecule is Cc1ccc([C@@H](C)O)c(OCc2cnc(C)s2)c1. The van der Waals surface area contributed by atoms with Crippen LogP contribution in [-0.2, 0) is 6.61 Å². The van der Waals surface area contributed by atoms with Crippen molar-refractivity contribution in [2.24, 2.45) is 0 Å². The van der Waals surface area contributed by atoms with Gasteiger partial charge < -0.3 is 9.84 Å². The molecule has 0 unspecified atom stereocenters. The number of benzene rings is 1. The zero-order chi connectivity index (χ0) is 13.1. The lowest BCUT2D eigenvalue weighted by Gasteiger charge is -2.13. The zero-order valence-corrected chi connectivity index (χ0v) is 11.6. The highest BCUT2D eigenvalue weighted by Gasteiger charge is 2.10. The predicted molar refractivity (Wildman–Crippen MR) is 73.0 cm³/mol. The zero-order valence-electron chi connectivity index (χ0n) is 10.8. The number of aryl methyl sites for hydroxylation is 2. The number of aromatic nitrogens is 1. The van der Waals surface area contributed by atoms with E-state index in [4.69, 9.17) is 4.74 Å². The molecule has 2 rings (SSSR count). The minimum Gasteiger partial charge on any atom is -0.488 e. The summed E-state index contributed by atoms with van der Waals surface area (Å²) in [5.74, 6) is 0.746. The van der Waals surface area contributed by atoms with Crippen molar-refractivity contribution in [2.45, 2.75) is 33.5 Å². The van der Waals surface area contributed by atoms with Crippen molar-refractivity contribution < 1.29 is 9.84 Å². The van der Waals surface area contributed by atoms with Crippen molar-refractivity contribution >= 4 is 11.3 Å². The molecule has 1 N–H and O–H groups in total. The number of aliphatic hydroxyl groups is 1. The summed E-state index contributed by atoms with van der Waals surface area (Å²) in [6.45, 7) is 6.22. The van der Waals surface area contributed by atoms with Crippen molar-refractivity contribution in [3.05, 3.63) is 45.4 Å². The lowest BCUT2D eigenvalue weighted by molar-refractivity contribution is 0.190. The van der Waals surface area contributed by atoms with E-state index in [1.54, 1.807) is 18.3 Å². The molecule has 4 heteroatoms. The quantitative estimate of drug-likeness (QED) is 0.919. The average Bonchev–Trinajstić information content (AvgIpc) is 2.72. The minimum absolute atomic E-state index is 0.495. The largest absolute Gasteiger partial charge is 0.488 e. The summed E-state index contributed by atoms with van der Waals surface area (Å²) in [6, 6.07) is 5.84. The van der Waals surface area contributed by atoms with E-state index in [1.807, 2.05) is 38.2 Å². The van der Waals surface area contributed by atoms with Gasteiger partial charge in [-0.3, -0.25) is 0 Å². The molecule has 0 saturated carbocycles. The van der Waals surface area contributed by atoms with Crippen LogP contribution in [0.5, 0.6) is 5.75 Å². The van der Waals surface area contributed by atoms with Gasteiger partial charge in [0.1, 0.15) is 12.4 Å². The van der Waals surface area contributed by atoms with Crippen LogP contribution in [0.1, 0.15) is 34.0 Å². The molecule has 96 valence electrons. The van der Waals surface area contributed by atoms with Crippen LogP contribution in [0.4, 0.5) is 0 Å². The molecule has 0 aliphatic rings. The van der Waals surface area contributed by atoms with Crippen LogP contribution in [0.15, 0.2) is 24.4 Å². The predicted octanol–water partition coefficient (Wildman–Crippen LogP) is 3.39. The maximum Gasteiger partial charge on any atom is 0.125 e. The number of ether oxygens (including phenoxy) is 1. The third kappa shape index (κ3) is 3.09. The lowest BCUT2D eigenvalue weighted by Crippen LogP contribution is -2.00. The highest BCUT2D eigenvalue weighted by Crippen LogP contribution is 2.27. The number of hydrogen-bond acceptors (Lipinski definition) is 4. The Kier molecular flexibility index (Phi) is 3.99. The molecular formula is C14H17NO2S. The number of rotatable bonds is 4. The van der Waals surface area contributed by atoms with Gasteiger partial charge in [-0.2, -0.15) is 0 Å². The smallest absolute Gasteiger partial charge is 0.125 e. The fraction of sp³-hybridized carbons (Fsp3) is 0.357. The Hall–Kier alpha value is -1.39. The third-order valence-corrected chi connectivity index (χ3v) is 3.54. The molecule has 0 bridgehead atoms. The van der Waals surface area contributed by atoms with E-state index >= 15 is 0 Å². The van der Waals surface area contributed by atoms with Gasteiger partial charge in [-0.15, -0.1) is 11.3 Å².